The van der Waals surface area contributed by atoms with Gasteiger partial charge in [0.15, 0.2) is 0 Å². The summed E-state index contributed by atoms with van der Waals surface area (Å²) in [5.41, 5.74) is -0.413. The van der Waals surface area contributed by atoms with Crippen LogP contribution in [0.15, 0.2) is 35.2 Å². The Hall–Kier alpha value is -3.34. The molecule has 0 unspecified atom stereocenters. The highest BCUT2D eigenvalue weighted by molar-refractivity contribution is 8.32. The number of methoxy groups -OCH3 is 1. The van der Waals surface area contributed by atoms with Crippen LogP contribution in [0.25, 0.3) is 0 Å². The molecule has 0 aliphatic carbocycles. The first-order chi connectivity index (χ1) is 16.7. The van der Waals surface area contributed by atoms with Crippen LogP contribution in [0.5, 0.6) is 5.75 Å². The lowest BCUT2D eigenvalue weighted by atomic mass is 9.91. The van der Waals surface area contributed by atoms with Gasteiger partial charge in [0.1, 0.15) is 29.0 Å². The summed E-state index contributed by atoms with van der Waals surface area (Å²) in [5, 5.41) is 14.4. The fourth-order valence-corrected chi connectivity index (χ4v) is 5.34. The molecule has 1 aliphatic rings. The van der Waals surface area contributed by atoms with Crippen molar-refractivity contribution in [3.63, 3.8) is 0 Å². The Labute approximate surface area is 210 Å². The molecule has 0 fully saturated rings. The van der Waals surface area contributed by atoms with Gasteiger partial charge in [-0.2, -0.15) is 0 Å². The zero-order valence-electron chi connectivity index (χ0n) is 21.1. The zero-order valence-corrected chi connectivity index (χ0v) is 21.9. The van der Waals surface area contributed by atoms with Crippen LogP contribution >= 0.6 is 10.0 Å². The molecule has 3 amide bonds. The van der Waals surface area contributed by atoms with Gasteiger partial charge in [0.05, 0.1) is 12.0 Å². The van der Waals surface area contributed by atoms with Crippen molar-refractivity contribution in [1.82, 2.24) is 10.2 Å². The van der Waals surface area contributed by atoms with Crippen LogP contribution in [0.2, 0.25) is 0 Å². The number of carbonyl (C=O) groups is 3. The maximum Gasteiger partial charge on any atom is 0.328 e. The molecule has 1 atom stereocenters. The number of amides is 3. The third-order valence-corrected chi connectivity index (χ3v) is 7.53. The van der Waals surface area contributed by atoms with Crippen molar-refractivity contribution in [2.24, 2.45) is 0 Å². The van der Waals surface area contributed by atoms with Crippen molar-refractivity contribution in [3.8, 4) is 5.75 Å². The van der Waals surface area contributed by atoms with Gasteiger partial charge in [-0.25, -0.2) is 28.4 Å². The number of halogens is 2. The normalized spacial score (nSPS) is 16.1. The number of aliphatic carboxylic acids is 1. The molecule has 8 nitrogen and oxygen atoms in total. The van der Waals surface area contributed by atoms with Gasteiger partial charge in [-0.15, -0.1) is 0 Å². The fraction of sp³-hybridized carbons (Fsp3) is 0.400. The standard InChI is InChI=1S/C25H31F2N3O5S/c1-25(2,23(32)33)29-24(34)30-10-9-14-11-16(35-3)7-8-17(14)20(30)22(31)28-15-12-18(26)21(19(27)13-15)36(4,5)6/h7-8,11-13,20H,9-10H2,1-6H3,(H,28,31)(H,29,34)(H,32,33)/t20-/m1/s1. The van der Waals surface area contributed by atoms with Crippen LogP contribution in [-0.4, -0.2) is 65.9 Å². The lowest BCUT2D eigenvalue weighted by molar-refractivity contribution is -0.143. The number of fused-ring (bicyclic) bond motifs is 1. The Balaban J connectivity index is 2.00. The molecule has 1 aliphatic heterocycles. The molecule has 0 saturated heterocycles. The number of nitrogens with zero attached hydrogens (tertiary/aromatic N) is 1. The van der Waals surface area contributed by atoms with Crippen LogP contribution in [0.4, 0.5) is 19.3 Å². The van der Waals surface area contributed by atoms with Crippen molar-refractivity contribution < 1.29 is 33.0 Å². The largest absolute Gasteiger partial charge is 0.497 e. The zero-order chi connectivity index (χ0) is 27.0. The van der Waals surface area contributed by atoms with Crippen molar-refractivity contribution in [3.05, 3.63) is 53.1 Å². The SMILES string of the molecule is COc1ccc2c(c1)CCN(C(=O)NC(C)(C)C(=O)O)[C@H]2C(=O)Nc1cc(F)c(S(C)(C)C)c(F)c1. The Kier molecular flexibility index (Phi) is 7.54. The molecule has 0 aromatic heterocycles. The molecule has 2 aromatic rings. The molecule has 0 spiro atoms. The van der Waals surface area contributed by atoms with Gasteiger partial charge >= 0.3 is 12.0 Å². The van der Waals surface area contributed by atoms with E-state index in [9.17, 15) is 28.3 Å². The van der Waals surface area contributed by atoms with E-state index in [-0.39, 0.29) is 17.1 Å². The number of ether oxygens (including phenoxy) is 1. The van der Waals surface area contributed by atoms with Crippen LogP contribution in [0, 0.1) is 11.6 Å². The predicted octanol–water partition coefficient (Wildman–Crippen LogP) is 4.14. The molecule has 0 saturated carbocycles. The molecular formula is C25H31F2N3O5S. The minimum Gasteiger partial charge on any atom is -0.497 e. The summed E-state index contributed by atoms with van der Waals surface area (Å²) in [7, 11) is -0.196. The van der Waals surface area contributed by atoms with E-state index in [0.29, 0.717) is 17.7 Å². The fourth-order valence-electron chi connectivity index (χ4n) is 4.05. The summed E-state index contributed by atoms with van der Waals surface area (Å²) in [6.07, 6.45) is 5.67. The van der Waals surface area contributed by atoms with Gasteiger partial charge in [0, 0.05) is 12.2 Å². The van der Waals surface area contributed by atoms with E-state index < -0.39 is 51.2 Å². The highest BCUT2D eigenvalue weighted by Gasteiger charge is 2.39. The van der Waals surface area contributed by atoms with Crippen LogP contribution in [0.3, 0.4) is 0 Å². The number of benzene rings is 2. The van der Waals surface area contributed by atoms with Crippen LogP contribution < -0.4 is 15.4 Å². The summed E-state index contributed by atoms with van der Waals surface area (Å²) in [4.78, 5) is 39.3. The van der Waals surface area contributed by atoms with Gasteiger partial charge in [0.25, 0.3) is 5.91 Å². The number of urea groups is 1. The Morgan fingerprint density at radius 1 is 1.11 bits per heavy atom. The second-order valence-electron chi connectivity index (χ2n) is 9.87. The number of carbonyl (C=O) groups excluding carboxylic acids is 2. The van der Waals surface area contributed by atoms with Crippen molar-refractivity contribution >= 4 is 33.6 Å². The maximum atomic E-state index is 14.8. The third kappa shape index (κ3) is 5.56. The highest BCUT2D eigenvalue weighted by Crippen LogP contribution is 2.48. The predicted molar refractivity (Wildman–Crippen MR) is 135 cm³/mol. The summed E-state index contributed by atoms with van der Waals surface area (Å²) in [5.74, 6) is -2.90. The van der Waals surface area contributed by atoms with Crippen LogP contribution in [-0.2, 0) is 16.0 Å². The lowest BCUT2D eigenvalue weighted by Gasteiger charge is -2.38. The number of rotatable bonds is 6. The van der Waals surface area contributed by atoms with E-state index >= 15 is 0 Å². The highest BCUT2D eigenvalue weighted by atomic mass is 32.3. The first-order valence-electron chi connectivity index (χ1n) is 11.1. The van der Waals surface area contributed by atoms with Crippen molar-refractivity contribution in [2.75, 3.05) is 37.7 Å². The second kappa shape index (κ2) is 9.96. The number of hydrogen-bond acceptors (Lipinski definition) is 4. The number of hydrogen-bond donors (Lipinski definition) is 3. The summed E-state index contributed by atoms with van der Waals surface area (Å²) in [6, 6.07) is 5.23. The molecule has 36 heavy (non-hydrogen) atoms. The lowest BCUT2D eigenvalue weighted by Crippen LogP contribution is -2.57. The monoisotopic (exact) mass is 523 g/mol. The molecule has 2 aromatic carbocycles. The van der Waals surface area contributed by atoms with E-state index in [0.717, 1.165) is 17.7 Å². The van der Waals surface area contributed by atoms with Gasteiger partial charge in [-0.3, -0.25) is 4.79 Å². The second-order valence-corrected chi connectivity index (χ2v) is 13.9. The number of anilines is 1. The molecule has 11 heteroatoms. The molecule has 196 valence electrons. The topological polar surface area (TPSA) is 108 Å². The molecule has 0 bridgehead atoms. The minimum absolute atomic E-state index is 0.0208. The first-order valence-corrected chi connectivity index (χ1v) is 14.0. The van der Waals surface area contributed by atoms with Gasteiger partial charge in [0.2, 0.25) is 0 Å². The summed E-state index contributed by atoms with van der Waals surface area (Å²) in [6.45, 7) is 2.76. The van der Waals surface area contributed by atoms with Crippen molar-refractivity contribution in [2.45, 2.75) is 36.7 Å². The van der Waals surface area contributed by atoms with Crippen LogP contribution in [0.1, 0.15) is 31.0 Å². The first kappa shape index (κ1) is 27.3. The molecule has 3 N–H and O–H groups in total. The number of nitrogens with one attached hydrogen (secondary N) is 2. The smallest absolute Gasteiger partial charge is 0.328 e. The van der Waals surface area contributed by atoms with E-state index in [1.807, 2.05) is 0 Å². The Morgan fingerprint density at radius 3 is 2.25 bits per heavy atom. The quantitative estimate of drug-likeness (QED) is 0.528. The number of carboxylic acids is 1. The van der Waals surface area contributed by atoms with Gasteiger partial charge in [-0.1, -0.05) is 6.07 Å². The van der Waals surface area contributed by atoms with E-state index in [1.54, 1.807) is 37.0 Å². The van der Waals surface area contributed by atoms with Crippen molar-refractivity contribution in [1.29, 1.82) is 0 Å². The maximum absolute atomic E-state index is 14.8. The Morgan fingerprint density at radius 2 is 1.72 bits per heavy atom. The number of carboxylic acid groups (broad SMARTS) is 1. The minimum atomic E-state index is -1.70. The average Bonchev–Trinajstić information content (AvgIpc) is 2.75. The van der Waals surface area contributed by atoms with E-state index in [1.165, 1.54) is 25.9 Å². The van der Waals surface area contributed by atoms with E-state index in [4.69, 9.17) is 4.74 Å². The summed E-state index contributed by atoms with van der Waals surface area (Å²) < 4.78 is 34.8. The molecule has 1 heterocycles. The van der Waals surface area contributed by atoms with E-state index in [2.05, 4.69) is 10.6 Å². The Bertz CT molecular complexity index is 1190. The molecular weight excluding hydrogens is 492 g/mol. The third-order valence-electron chi connectivity index (χ3n) is 5.92. The average molecular weight is 524 g/mol. The molecule has 3 rings (SSSR count). The van der Waals surface area contributed by atoms with Gasteiger partial charge < -0.3 is 25.4 Å². The molecule has 0 radical (unpaired) electrons. The summed E-state index contributed by atoms with van der Waals surface area (Å²) >= 11 is 0. The van der Waals surface area contributed by atoms with Gasteiger partial charge in [-0.05, 0) is 74.4 Å².